The van der Waals surface area contributed by atoms with Gasteiger partial charge in [0.25, 0.3) is 0 Å². The molecule has 4 rings (SSSR count). The maximum atomic E-state index is 12.1. The van der Waals surface area contributed by atoms with E-state index >= 15 is 0 Å². The molecule has 0 spiro atoms. The monoisotopic (exact) mass is 340 g/mol. The van der Waals surface area contributed by atoms with Crippen LogP contribution in [0.3, 0.4) is 0 Å². The number of hydrogen-bond donors (Lipinski definition) is 0. The maximum absolute atomic E-state index is 12.1. The molecule has 0 unspecified atom stereocenters. The molecule has 1 aliphatic heterocycles. The van der Waals surface area contributed by atoms with Crippen LogP contribution in [0, 0.1) is 0 Å². The Labute approximate surface area is 140 Å². The number of carbonyl (C=O) groups is 2. The summed E-state index contributed by atoms with van der Waals surface area (Å²) < 4.78 is 9.45. The fourth-order valence-electron chi connectivity index (χ4n) is 2.62. The third-order valence-corrected chi connectivity index (χ3v) is 4.03. The van der Waals surface area contributed by atoms with Crippen LogP contribution in [0.1, 0.15) is 11.1 Å². The van der Waals surface area contributed by atoms with Crippen molar-refractivity contribution in [2.75, 3.05) is 0 Å². The summed E-state index contributed by atoms with van der Waals surface area (Å²) in [4.78, 5) is 24.2. The van der Waals surface area contributed by atoms with Gasteiger partial charge in [0.15, 0.2) is 0 Å². The summed E-state index contributed by atoms with van der Waals surface area (Å²) in [5, 5.41) is 8.07. The molecule has 0 aliphatic carbocycles. The summed E-state index contributed by atoms with van der Waals surface area (Å²) in [6.07, 6.45) is 0.270. The van der Waals surface area contributed by atoms with E-state index in [1.54, 1.807) is 42.5 Å². The summed E-state index contributed by atoms with van der Waals surface area (Å²) in [6.45, 7) is 0. The van der Waals surface area contributed by atoms with Gasteiger partial charge in [-0.15, -0.1) is 0 Å². The third kappa shape index (κ3) is 2.47. The molecule has 2 heterocycles. The highest BCUT2D eigenvalue weighted by Crippen LogP contribution is 2.31. The van der Waals surface area contributed by atoms with E-state index in [9.17, 15) is 9.59 Å². The molecule has 0 fully saturated rings. The van der Waals surface area contributed by atoms with Crippen LogP contribution in [0.15, 0.2) is 52.7 Å². The van der Waals surface area contributed by atoms with E-state index in [0.717, 1.165) is 5.56 Å². The Balaban J connectivity index is 1.80. The van der Waals surface area contributed by atoms with Crippen molar-refractivity contribution in [1.29, 1.82) is 0 Å². The van der Waals surface area contributed by atoms with Gasteiger partial charge in [-0.25, -0.2) is 14.2 Å². The van der Waals surface area contributed by atoms with Gasteiger partial charge in [0, 0.05) is 11.4 Å². The molecule has 2 aromatic carbocycles. The van der Waals surface area contributed by atoms with Crippen molar-refractivity contribution in [3.63, 3.8) is 0 Å². The summed E-state index contributed by atoms with van der Waals surface area (Å²) in [5.41, 5.74) is 2.99. The third-order valence-electron chi connectivity index (χ3n) is 3.77. The predicted octanol–water partition coefficient (Wildman–Crippen LogP) is 2.96. The highest BCUT2D eigenvalue weighted by molar-refractivity contribution is 6.31. The first-order valence-electron chi connectivity index (χ1n) is 7.08. The second-order valence-electron chi connectivity index (χ2n) is 5.30. The van der Waals surface area contributed by atoms with Gasteiger partial charge in [0.1, 0.15) is 11.0 Å². The van der Waals surface area contributed by atoms with Crippen LogP contribution in [0.2, 0.25) is 5.02 Å². The van der Waals surface area contributed by atoms with Crippen molar-refractivity contribution in [3.8, 4) is 0 Å². The molecule has 0 saturated carbocycles. The van der Waals surface area contributed by atoms with Crippen molar-refractivity contribution in [1.82, 2.24) is 10.3 Å². The zero-order valence-electron chi connectivity index (χ0n) is 12.2. The summed E-state index contributed by atoms with van der Waals surface area (Å²) in [6, 6.07) is 12.1. The van der Waals surface area contributed by atoms with Gasteiger partial charge in [-0.2, -0.15) is 0 Å². The van der Waals surface area contributed by atoms with Gasteiger partial charge < -0.3 is 4.74 Å². The topological polar surface area (TPSA) is 82.3 Å². The van der Waals surface area contributed by atoms with Crippen molar-refractivity contribution in [2.24, 2.45) is 0 Å². The smallest absolute Gasteiger partial charge is 0.347 e. The van der Waals surface area contributed by atoms with Gasteiger partial charge in [0.05, 0.1) is 11.1 Å². The van der Waals surface area contributed by atoms with Crippen molar-refractivity contribution < 1.29 is 19.0 Å². The van der Waals surface area contributed by atoms with Gasteiger partial charge in [-0.3, -0.25) is 0 Å². The van der Waals surface area contributed by atoms with Crippen molar-refractivity contribution in [3.05, 3.63) is 64.2 Å². The fraction of sp³-hybridized carbons (Fsp3) is 0.0588. The molecular formula is C17H9ClN2O4. The van der Waals surface area contributed by atoms with Crippen LogP contribution in [-0.2, 0) is 20.7 Å². The number of cyclic esters (lactones) is 2. The number of carbonyl (C=O) groups excluding carboxylic acids is 2. The number of ether oxygens (including phenoxy) is 1. The van der Waals surface area contributed by atoms with Gasteiger partial charge >= 0.3 is 11.9 Å². The number of esters is 2. The van der Waals surface area contributed by atoms with Gasteiger partial charge in [-0.05, 0) is 45.7 Å². The standard InChI is InChI=1S/C17H9ClN2O4/c18-11-4-1-9(2-5-11)7-12-15(17(22)23-16(12)21)10-3-6-13-14(8-10)20-24-19-13/h1-6,8H,7H2. The first-order valence-corrected chi connectivity index (χ1v) is 7.46. The van der Waals surface area contributed by atoms with Gasteiger partial charge in [-0.1, -0.05) is 29.8 Å². The maximum Gasteiger partial charge on any atom is 0.347 e. The lowest BCUT2D eigenvalue weighted by molar-refractivity contribution is -0.150. The molecule has 0 N–H and O–H groups in total. The Bertz CT molecular complexity index is 1000. The molecule has 24 heavy (non-hydrogen) atoms. The van der Waals surface area contributed by atoms with Crippen LogP contribution in [0.25, 0.3) is 16.6 Å². The Morgan fingerprint density at radius 3 is 2.46 bits per heavy atom. The predicted molar refractivity (Wildman–Crippen MR) is 85.0 cm³/mol. The second kappa shape index (κ2) is 5.58. The van der Waals surface area contributed by atoms with E-state index in [1.165, 1.54) is 0 Å². The van der Waals surface area contributed by atoms with E-state index < -0.39 is 11.9 Å². The molecule has 0 bridgehead atoms. The highest BCUT2D eigenvalue weighted by Gasteiger charge is 2.34. The normalized spacial score (nSPS) is 14.5. The Kier molecular flexibility index (Phi) is 3.39. The van der Waals surface area contributed by atoms with E-state index in [1.807, 2.05) is 0 Å². The molecule has 0 saturated heterocycles. The van der Waals surface area contributed by atoms with E-state index in [2.05, 4.69) is 14.9 Å². The number of benzene rings is 2. The lowest BCUT2D eigenvalue weighted by Crippen LogP contribution is -2.03. The Morgan fingerprint density at radius 1 is 0.917 bits per heavy atom. The van der Waals surface area contributed by atoms with Crippen molar-refractivity contribution >= 4 is 40.1 Å². The molecular weight excluding hydrogens is 332 g/mol. The molecule has 7 heteroatoms. The van der Waals surface area contributed by atoms with E-state index in [0.29, 0.717) is 27.2 Å². The first kappa shape index (κ1) is 14.6. The number of aromatic nitrogens is 2. The molecule has 0 atom stereocenters. The molecule has 1 aromatic heterocycles. The molecule has 0 amide bonds. The number of hydrogen-bond acceptors (Lipinski definition) is 6. The van der Waals surface area contributed by atoms with E-state index in [4.69, 9.17) is 16.3 Å². The number of nitrogens with zero attached hydrogens (tertiary/aromatic N) is 2. The quantitative estimate of drug-likeness (QED) is 0.538. The molecule has 6 nitrogen and oxygen atoms in total. The first-order chi connectivity index (χ1) is 11.6. The largest absolute Gasteiger partial charge is 0.386 e. The van der Waals surface area contributed by atoms with E-state index in [-0.39, 0.29) is 12.0 Å². The van der Waals surface area contributed by atoms with Crippen LogP contribution < -0.4 is 0 Å². The van der Waals surface area contributed by atoms with Gasteiger partial charge in [0.2, 0.25) is 0 Å². The average Bonchev–Trinajstić information content (AvgIpc) is 3.13. The summed E-state index contributed by atoms with van der Waals surface area (Å²) in [5.74, 6) is -1.30. The lowest BCUT2D eigenvalue weighted by Gasteiger charge is -2.03. The number of rotatable bonds is 3. The summed E-state index contributed by atoms with van der Waals surface area (Å²) >= 11 is 5.87. The SMILES string of the molecule is O=C1OC(=O)C(c2ccc3nonc3c2)=C1Cc1ccc(Cl)cc1. The Hall–Kier alpha value is -2.99. The van der Waals surface area contributed by atoms with Crippen LogP contribution in [0.5, 0.6) is 0 Å². The van der Waals surface area contributed by atoms with Crippen LogP contribution in [-0.4, -0.2) is 22.3 Å². The zero-order chi connectivity index (χ0) is 16.7. The zero-order valence-corrected chi connectivity index (χ0v) is 12.9. The minimum atomic E-state index is -0.667. The van der Waals surface area contributed by atoms with Crippen LogP contribution in [0.4, 0.5) is 0 Å². The lowest BCUT2D eigenvalue weighted by atomic mass is 9.96. The Morgan fingerprint density at radius 2 is 1.67 bits per heavy atom. The van der Waals surface area contributed by atoms with Crippen LogP contribution >= 0.6 is 11.6 Å². The molecule has 3 aromatic rings. The molecule has 0 radical (unpaired) electrons. The number of fused-ring (bicyclic) bond motifs is 1. The fourth-order valence-corrected chi connectivity index (χ4v) is 2.74. The summed E-state index contributed by atoms with van der Waals surface area (Å²) in [7, 11) is 0. The number of halogens is 1. The minimum absolute atomic E-state index is 0.236. The van der Waals surface area contributed by atoms with Crippen molar-refractivity contribution in [2.45, 2.75) is 6.42 Å². The minimum Gasteiger partial charge on any atom is -0.386 e. The second-order valence-corrected chi connectivity index (χ2v) is 5.74. The highest BCUT2D eigenvalue weighted by atomic mass is 35.5. The molecule has 1 aliphatic rings. The average molecular weight is 341 g/mol. The molecule has 118 valence electrons.